The molecule has 9 heteroatoms. The third-order valence-electron chi connectivity index (χ3n) is 5.84. The summed E-state index contributed by atoms with van der Waals surface area (Å²) < 4.78 is 50.6. The molecule has 1 atom stereocenters. The van der Waals surface area contributed by atoms with E-state index in [1.54, 1.807) is 83.0 Å². The van der Waals surface area contributed by atoms with Gasteiger partial charge in [-0.2, -0.15) is 0 Å². The van der Waals surface area contributed by atoms with Crippen LogP contribution in [0.3, 0.4) is 0 Å². The van der Waals surface area contributed by atoms with E-state index in [1.807, 2.05) is 19.1 Å². The molecule has 0 aliphatic carbocycles. The highest BCUT2D eigenvalue weighted by atomic mass is 32.2. The zero-order valence-corrected chi connectivity index (χ0v) is 21.0. The fourth-order valence-corrected chi connectivity index (χ4v) is 5.33. The highest BCUT2D eigenvalue weighted by molar-refractivity contribution is 7.89. The number of benzene rings is 3. The number of nitrogens with one attached hydrogen (secondary N) is 1. The molecule has 3 aromatic carbocycles. The van der Waals surface area contributed by atoms with E-state index in [2.05, 4.69) is 5.43 Å². The van der Waals surface area contributed by atoms with Crippen LogP contribution in [-0.4, -0.2) is 41.3 Å². The van der Waals surface area contributed by atoms with Gasteiger partial charge in [-0.15, -0.1) is 4.41 Å². The Labute approximate surface area is 205 Å². The van der Waals surface area contributed by atoms with Gasteiger partial charge < -0.3 is 24.4 Å². The van der Waals surface area contributed by atoms with Gasteiger partial charge in [-0.05, 0) is 61.5 Å². The van der Waals surface area contributed by atoms with Crippen LogP contribution in [0.2, 0.25) is 0 Å². The molecule has 3 aromatic rings. The number of hydrazine groups is 1. The van der Waals surface area contributed by atoms with Crippen LogP contribution < -0.4 is 24.4 Å². The molecular formula is C26H28N2O6S. The van der Waals surface area contributed by atoms with Crippen LogP contribution in [0.5, 0.6) is 23.0 Å². The van der Waals surface area contributed by atoms with Gasteiger partial charge in [0.05, 0.1) is 45.1 Å². The van der Waals surface area contributed by atoms with E-state index < -0.39 is 16.1 Å². The summed E-state index contributed by atoms with van der Waals surface area (Å²) in [6, 6.07) is 16.7. The summed E-state index contributed by atoms with van der Waals surface area (Å²) in [5.41, 5.74) is 6.02. The summed E-state index contributed by atoms with van der Waals surface area (Å²) in [5, 5.41) is 0. The van der Waals surface area contributed by atoms with Gasteiger partial charge in [-0.25, -0.2) is 8.42 Å². The Morgan fingerprint density at radius 3 is 2.06 bits per heavy atom. The second kappa shape index (κ2) is 9.89. The summed E-state index contributed by atoms with van der Waals surface area (Å²) in [4.78, 5) is 0.171. The van der Waals surface area contributed by atoms with Gasteiger partial charge in [-0.3, -0.25) is 0 Å². The number of aryl methyl sites for hydroxylation is 1. The molecule has 8 nitrogen and oxygen atoms in total. The highest BCUT2D eigenvalue weighted by Gasteiger charge is 2.38. The van der Waals surface area contributed by atoms with Gasteiger partial charge >= 0.3 is 0 Å². The molecule has 0 amide bonds. The molecule has 1 heterocycles. The fraction of sp³-hybridized carbons (Fsp3) is 0.231. The third kappa shape index (κ3) is 4.65. The van der Waals surface area contributed by atoms with E-state index in [9.17, 15) is 8.42 Å². The second-order valence-electron chi connectivity index (χ2n) is 7.93. The number of sulfonamides is 1. The Morgan fingerprint density at radius 1 is 0.771 bits per heavy atom. The van der Waals surface area contributed by atoms with Crippen LogP contribution in [0.4, 0.5) is 0 Å². The normalized spacial score (nSPS) is 15.8. The maximum atomic E-state index is 13.8. The Morgan fingerprint density at radius 2 is 1.43 bits per heavy atom. The lowest BCUT2D eigenvalue weighted by atomic mass is 10.0. The molecule has 0 aromatic heterocycles. The Hall–Kier alpha value is -3.69. The maximum Gasteiger partial charge on any atom is 0.260 e. The summed E-state index contributed by atoms with van der Waals surface area (Å²) in [5.74, 6) is 2.22. The standard InChI is InChI=1S/C26H28N2O6S/c1-17-6-10-20(11-7-17)35(29,30)28-23(21-15-19(31-2)9-13-24(21)32-3)16-22(27-28)18-8-12-25(33-4)26(14-18)34-5/h6-16,23,27H,1-5H3/t23-/m0/s1. The Kier molecular flexibility index (Phi) is 6.90. The maximum absolute atomic E-state index is 13.8. The van der Waals surface area contributed by atoms with Crippen molar-refractivity contribution in [2.75, 3.05) is 28.4 Å². The van der Waals surface area contributed by atoms with Crippen molar-refractivity contribution in [1.29, 1.82) is 0 Å². The number of nitrogens with zero attached hydrogens (tertiary/aromatic N) is 1. The lowest BCUT2D eigenvalue weighted by molar-refractivity contribution is 0.332. The first-order valence-corrected chi connectivity index (χ1v) is 12.3. The SMILES string of the molecule is COc1ccc(OC)c([C@@H]2C=C(c3ccc(OC)c(OC)c3)NN2S(=O)(=O)c2ccc(C)cc2)c1. The lowest BCUT2D eigenvalue weighted by Gasteiger charge is -2.26. The minimum absolute atomic E-state index is 0.171. The fourth-order valence-electron chi connectivity index (χ4n) is 3.94. The average molecular weight is 497 g/mol. The van der Waals surface area contributed by atoms with Crippen molar-refractivity contribution >= 4 is 15.7 Å². The zero-order valence-electron chi connectivity index (χ0n) is 20.2. The van der Waals surface area contributed by atoms with Crippen molar-refractivity contribution in [3.8, 4) is 23.0 Å². The first-order valence-electron chi connectivity index (χ1n) is 10.9. The van der Waals surface area contributed by atoms with Crippen LogP contribution in [0.25, 0.3) is 5.70 Å². The van der Waals surface area contributed by atoms with Crippen molar-refractivity contribution in [2.45, 2.75) is 17.9 Å². The van der Waals surface area contributed by atoms with Crippen molar-refractivity contribution < 1.29 is 27.4 Å². The first kappa shape index (κ1) is 24.4. The van der Waals surface area contributed by atoms with Gasteiger partial charge in [0, 0.05) is 11.1 Å². The Bertz CT molecular complexity index is 1350. The van der Waals surface area contributed by atoms with Crippen LogP contribution in [0.1, 0.15) is 22.7 Å². The predicted octanol–water partition coefficient (Wildman–Crippen LogP) is 4.32. The van der Waals surface area contributed by atoms with E-state index in [-0.39, 0.29) is 4.90 Å². The van der Waals surface area contributed by atoms with E-state index in [4.69, 9.17) is 18.9 Å². The number of hydrogen-bond acceptors (Lipinski definition) is 7. The van der Waals surface area contributed by atoms with Crippen molar-refractivity contribution in [3.05, 3.63) is 83.4 Å². The number of hydrogen-bond donors (Lipinski definition) is 1. The van der Waals surface area contributed by atoms with E-state index in [0.29, 0.717) is 34.3 Å². The lowest BCUT2D eigenvalue weighted by Crippen LogP contribution is -2.39. The monoisotopic (exact) mass is 496 g/mol. The third-order valence-corrected chi connectivity index (χ3v) is 7.54. The number of ether oxygens (including phenoxy) is 4. The highest BCUT2D eigenvalue weighted by Crippen LogP contribution is 2.41. The first-order chi connectivity index (χ1) is 16.8. The van der Waals surface area contributed by atoms with Gasteiger partial charge in [-0.1, -0.05) is 17.7 Å². The van der Waals surface area contributed by atoms with E-state index in [1.165, 1.54) is 4.41 Å². The van der Waals surface area contributed by atoms with E-state index >= 15 is 0 Å². The molecular weight excluding hydrogens is 468 g/mol. The molecule has 1 aliphatic rings. The second-order valence-corrected chi connectivity index (χ2v) is 9.74. The molecule has 0 saturated heterocycles. The van der Waals surface area contributed by atoms with Gasteiger partial charge in [0.25, 0.3) is 10.0 Å². The van der Waals surface area contributed by atoms with Crippen molar-refractivity contribution in [1.82, 2.24) is 9.84 Å². The van der Waals surface area contributed by atoms with E-state index in [0.717, 1.165) is 11.1 Å². The molecule has 184 valence electrons. The molecule has 0 unspecified atom stereocenters. The predicted molar refractivity (Wildman–Crippen MR) is 133 cm³/mol. The molecule has 1 aliphatic heterocycles. The molecule has 0 bridgehead atoms. The van der Waals surface area contributed by atoms with Crippen molar-refractivity contribution in [3.63, 3.8) is 0 Å². The van der Waals surface area contributed by atoms with Gasteiger partial charge in [0.15, 0.2) is 11.5 Å². The average Bonchev–Trinajstić information content (AvgIpc) is 3.34. The molecule has 0 spiro atoms. The largest absolute Gasteiger partial charge is 0.497 e. The summed E-state index contributed by atoms with van der Waals surface area (Å²) in [6.07, 6.45) is 1.84. The summed E-state index contributed by atoms with van der Waals surface area (Å²) in [7, 11) is 2.27. The van der Waals surface area contributed by atoms with Crippen LogP contribution in [0, 0.1) is 6.92 Å². The molecule has 0 fully saturated rings. The minimum atomic E-state index is -3.95. The quantitative estimate of drug-likeness (QED) is 0.497. The van der Waals surface area contributed by atoms with Crippen LogP contribution in [-0.2, 0) is 10.0 Å². The van der Waals surface area contributed by atoms with Gasteiger partial charge in [0.2, 0.25) is 0 Å². The molecule has 1 N–H and O–H groups in total. The summed E-state index contributed by atoms with van der Waals surface area (Å²) in [6.45, 7) is 1.91. The molecule has 0 saturated carbocycles. The number of methoxy groups -OCH3 is 4. The minimum Gasteiger partial charge on any atom is -0.497 e. The topological polar surface area (TPSA) is 86.3 Å². The van der Waals surface area contributed by atoms with Crippen LogP contribution >= 0.6 is 0 Å². The smallest absolute Gasteiger partial charge is 0.260 e. The summed E-state index contributed by atoms with van der Waals surface area (Å²) >= 11 is 0. The van der Waals surface area contributed by atoms with Crippen molar-refractivity contribution in [2.24, 2.45) is 0 Å². The van der Waals surface area contributed by atoms with Crippen LogP contribution in [0.15, 0.2) is 71.6 Å². The van der Waals surface area contributed by atoms with Gasteiger partial charge in [0.1, 0.15) is 11.5 Å². The molecule has 0 radical (unpaired) electrons. The zero-order chi connectivity index (χ0) is 25.2. The molecule has 4 rings (SSSR count). The Balaban J connectivity index is 1.86. The molecule has 35 heavy (non-hydrogen) atoms. The number of rotatable bonds is 8.